The van der Waals surface area contributed by atoms with Crippen LogP contribution in [0.2, 0.25) is 10.0 Å². The van der Waals surface area contributed by atoms with E-state index >= 15 is 0 Å². The number of aryl methyl sites for hydroxylation is 1. The number of hydrogen-bond acceptors (Lipinski definition) is 3. The highest BCUT2D eigenvalue weighted by atomic mass is 35.5. The molecule has 2 aromatic carbocycles. The van der Waals surface area contributed by atoms with Crippen LogP contribution >= 0.6 is 35.0 Å². The molecule has 2 aromatic rings. The SMILES string of the molecule is Cc1ccccc1C(=O)N1CCSC12CCN(C(=O)Nc1c(Cl)cccc1Cl)CC2. The summed E-state index contributed by atoms with van der Waals surface area (Å²) >= 11 is 14.2. The van der Waals surface area contributed by atoms with E-state index in [1.54, 1.807) is 23.1 Å². The molecule has 2 fully saturated rings. The van der Waals surface area contributed by atoms with Crippen LogP contribution in [0.4, 0.5) is 10.5 Å². The first-order valence-electron chi connectivity index (χ1n) is 9.93. The Bertz CT molecular complexity index is 956. The van der Waals surface area contributed by atoms with E-state index in [0.29, 0.717) is 28.8 Å². The third-order valence-electron chi connectivity index (χ3n) is 5.82. The lowest BCUT2D eigenvalue weighted by atomic mass is 10.00. The molecule has 0 aromatic heterocycles. The molecule has 0 atom stereocenters. The molecule has 0 bridgehead atoms. The molecule has 8 heteroatoms. The Labute approximate surface area is 190 Å². The van der Waals surface area contributed by atoms with Crippen molar-refractivity contribution in [1.29, 1.82) is 0 Å². The van der Waals surface area contributed by atoms with E-state index in [0.717, 1.165) is 36.3 Å². The summed E-state index contributed by atoms with van der Waals surface area (Å²) in [6, 6.07) is 12.6. The molecule has 1 spiro atoms. The molecular formula is C22H23Cl2N3O2S. The zero-order valence-corrected chi connectivity index (χ0v) is 19.0. The van der Waals surface area contributed by atoms with Crippen molar-refractivity contribution in [3.8, 4) is 0 Å². The number of urea groups is 1. The number of piperidine rings is 1. The van der Waals surface area contributed by atoms with Crippen molar-refractivity contribution in [2.45, 2.75) is 24.6 Å². The number of thioether (sulfide) groups is 1. The molecule has 2 saturated heterocycles. The summed E-state index contributed by atoms with van der Waals surface area (Å²) in [7, 11) is 0. The topological polar surface area (TPSA) is 52.7 Å². The lowest BCUT2D eigenvalue weighted by Crippen LogP contribution is -2.54. The smallest absolute Gasteiger partial charge is 0.321 e. The van der Waals surface area contributed by atoms with E-state index in [9.17, 15) is 9.59 Å². The number of nitrogens with one attached hydrogen (secondary N) is 1. The fourth-order valence-corrected chi connectivity index (χ4v) is 6.08. The monoisotopic (exact) mass is 463 g/mol. The highest BCUT2D eigenvalue weighted by Crippen LogP contribution is 2.45. The quantitative estimate of drug-likeness (QED) is 0.637. The number of likely N-dealkylation sites (tertiary alicyclic amines) is 1. The molecule has 0 radical (unpaired) electrons. The molecule has 30 heavy (non-hydrogen) atoms. The lowest BCUT2D eigenvalue weighted by Gasteiger charge is -2.44. The van der Waals surface area contributed by atoms with E-state index in [1.807, 2.05) is 47.9 Å². The van der Waals surface area contributed by atoms with Crippen LogP contribution in [0.25, 0.3) is 0 Å². The first kappa shape index (κ1) is 21.3. The molecule has 158 valence electrons. The van der Waals surface area contributed by atoms with Crippen LogP contribution in [-0.2, 0) is 0 Å². The Morgan fingerprint density at radius 2 is 1.67 bits per heavy atom. The van der Waals surface area contributed by atoms with Crippen molar-refractivity contribution in [3.63, 3.8) is 0 Å². The number of carbonyl (C=O) groups is 2. The van der Waals surface area contributed by atoms with Gasteiger partial charge in [-0.25, -0.2) is 4.79 Å². The maximum absolute atomic E-state index is 13.3. The highest BCUT2D eigenvalue weighted by molar-refractivity contribution is 8.00. The van der Waals surface area contributed by atoms with E-state index in [4.69, 9.17) is 23.2 Å². The summed E-state index contributed by atoms with van der Waals surface area (Å²) in [4.78, 5) is 29.6. The molecule has 0 unspecified atom stereocenters. The van der Waals surface area contributed by atoms with Gasteiger partial charge in [-0.2, -0.15) is 0 Å². The zero-order chi connectivity index (χ0) is 21.3. The summed E-state index contributed by atoms with van der Waals surface area (Å²) < 4.78 is 0. The van der Waals surface area contributed by atoms with Gasteiger partial charge in [0.2, 0.25) is 0 Å². The van der Waals surface area contributed by atoms with Crippen molar-refractivity contribution in [1.82, 2.24) is 9.80 Å². The second-order valence-corrected chi connectivity index (χ2v) is 9.85. The van der Waals surface area contributed by atoms with Crippen molar-refractivity contribution < 1.29 is 9.59 Å². The number of anilines is 1. The minimum atomic E-state index is -0.252. The van der Waals surface area contributed by atoms with Gasteiger partial charge in [-0.3, -0.25) is 4.79 Å². The Hall–Kier alpha value is -1.89. The van der Waals surface area contributed by atoms with Crippen LogP contribution in [0.3, 0.4) is 0 Å². The third-order valence-corrected chi connectivity index (χ3v) is 8.01. The van der Waals surface area contributed by atoms with Gasteiger partial charge in [-0.05, 0) is 43.5 Å². The minimum absolute atomic E-state index is 0.0823. The Morgan fingerprint density at radius 3 is 2.33 bits per heavy atom. The van der Waals surface area contributed by atoms with Crippen LogP contribution in [0.5, 0.6) is 0 Å². The number of rotatable bonds is 2. The highest BCUT2D eigenvalue weighted by Gasteiger charge is 2.47. The van der Waals surface area contributed by atoms with Crippen LogP contribution < -0.4 is 5.32 Å². The predicted molar refractivity (Wildman–Crippen MR) is 124 cm³/mol. The summed E-state index contributed by atoms with van der Waals surface area (Å²) in [5.74, 6) is 0.998. The van der Waals surface area contributed by atoms with Gasteiger partial charge in [0.1, 0.15) is 0 Å². The summed E-state index contributed by atoms with van der Waals surface area (Å²) in [5, 5.41) is 3.65. The molecule has 2 heterocycles. The van der Waals surface area contributed by atoms with Crippen LogP contribution in [-0.4, -0.2) is 52.0 Å². The molecule has 0 saturated carbocycles. The fraction of sp³-hybridized carbons (Fsp3) is 0.364. The molecule has 0 aliphatic carbocycles. The number of halogens is 2. The van der Waals surface area contributed by atoms with Crippen LogP contribution in [0.15, 0.2) is 42.5 Å². The molecule has 5 nitrogen and oxygen atoms in total. The van der Waals surface area contributed by atoms with Crippen molar-refractivity contribution in [3.05, 3.63) is 63.6 Å². The number of hydrogen-bond donors (Lipinski definition) is 1. The van der Waals surface area contributed by atoms with Gasteiger partial charge >= 0.3 is 6.03 Å². The lowest BCUT2D eigenvalue weighted by molar-refractivity contribution is 0.0585. The number of nitrogens with zero attached hydrogens (tertiary/aromatic N) is 2. The molecule has 2 aliphatic rings. The standard InChI is InChI=1S/C22H23Cl2N3O2S/c1-15-5-2-3-6-16(15)20(28)27-13-14-30-22(27)9-11-26(12-10-22)21(29)25-19-17(23)7-4-8-18(19)24/h2-8H,9-14H2,1H3,(H,25,29). The Morgan fingerprint density at radius 1 is 1.00 bits per heavy atom. The van der Waals surface area contributed by atoms with Crippen LogP contribution in [0.1, 0.15) is 28.8 Å². The fourth-order valence-electron chi connectivity index (χ4n) is 4.13. The molecular weight excluding hydrogens is 441 g/mol. The maximum Gasteiger partial charge on any atom is 0.321 e. The third kappa shape index (κ3) is 4.01. The second kappa shape index (κ2) is 8.69. The normalized spacial score (nSPS) is 18.0. The van der Waals surface area contributed by atoms with Gasteiger partial charge in [-0.1, -0.05) is 47.5 Å². The number of carbonyl (C=O) groups excluding carboxylic acids is 2. The molecule has 1 N–H and O–H groups in total. The van der Waals surface area contributed by atoms with Gasteiger partial charge in [-0.15, -0.1) is 11.8 Å². The summed E-state index contributed by atoms with van der Waals surface area (Å²) in [6.45, 7) is 3.84. The van der Waals surface area contributed by atoms with Gasteiger partial charge in [0.15, 0.2) is 0 Å². The van der Waals surface area contributed by atoms with E-state index in [2.05, 4.69) is 5.32 Å². The predicted octanol–water partition coefficient (Wildman–Crippen LogP) is 5.52. The Balaban J connectivity index is 1.44. The first-order valence-corrected chi connectivity index (χ1v) is 11.7. The van der Waals surface area contributed by atoms with Gasteiger partial charge < -0.3 is 15.1 Å². The van der Waals surface area contributed by atoms with E-state index < -0.39 is 0 Å². The van der Waals surface area contributed by atoms with Gasteiger partial charge in [0.25, 0.3) is 5.91 Å². The average Bonchev–Trinajstić information content (AvgIpc) is 3.14. The molecule has 4 rings (SSSR count). The number of para-hydroxylation sites is 1. The van der Waals surface area contributed by atoms with E-state index in [-0.39, 0.29) is 16.8 Å². The van der Waals surface area contributed by atoms with Gasteiger partial charge in [0.05, 0.1) is 20.6 Å². The van der Waals surface area contributed by atoms with Crippen molar-refractivity contribution >= 4 is 52.6 Å². The van der Waals surface area contributed by atoms with Crippen LogP contribution in [0, 0.1) is 6.92 Å². The second-order valence-electron chi connectivity index (χ2n) is 7.58. The van der Waals surface area contributed by atoms with Crippen molar-refractivity contribution in [2.75, 3.05) is 30.7 Å². The molecule has 2 aliphatic heterocycles. The minimum Gasteiger partial charge on any atom is -0.324 e. The average molecular weight is 464 g/mol. The van der Waals surface area contributed by atoms with Gasteiger partial charge in [0, 0.05) is 31.0 Å². The first-order chi connectivity index (χ1) is 14.4. The number of amides is 3. The van der Waals surface area contributed by atoms with E-state index in [1.165, 1.54) is 0 Å². The molecule has 3 amide bonds. The maximum atomic E-state index is 13.3. The summed E-state index contributed by atoms with van der Waals surface area (Å²) in [5.41, 5.74) is 2.17. The zero-order valence-electron chi connectivity index (χ0n) is 16.7. The number of benzene rings is 2. The summed E-state index contributed by atoms with van der Waals surface area (Å²) in [6.07, 6.45) is 1.47. The largest absolute Gasteiger partial charge is 0.324 e. The van der Waals surface area contributed by atoms with Crippen molar-refractivity contribution in [2.24, 2.45) is 0 Å². The Kier molecular flexibility index (Phi) is 6.19.